The summed E-state index contributed by atoms with van der Waals surface area (Å²) in [6.45, 7) is 7.45. The maximum atomic E-state index is 12.4. The van der Waals surface area contributed by atoms with Gasteiger partial charge in [-0.1, -0.05) is 13.8 Å². The van der Waals surface area contributed by atoms with Crippen molar-refractivity contribution in [2.24, 2.45) is 0 Å². The molecule has 0 saturated heterocycles. The number of amides is 1. The molecule has 0 radical (unpaired) electrons. The highest BCUT2D eigenvalue weighted by Gasteiger charge is 2.33. The standard InChI is InChI=1S/C12H26NO5P/c1-5-11(9-14)13-12(15)8-10(4)19(16,17-6-2)18-7-3/h10-11,14H,5-9H2,1-4H3,(H,13,15)/t10?,11-/m1/s1. The van der Waals surface area contributed by atoms with Crippen molar-refractivity contribution < 1.29 is 23.5 Å². The number of hydrogen-bond donors (Lipinski definition) is 2. The minimum absolute atomic E-state index is 0.0494. The molecule has 0 aliphatic carbocycles. The molecule has 0 aromatic heterocycles. The molecule has 1 unspecified atom stereocenters. The summed E-state index contributed by atoms with van der Waals surface area (Å²) in [6.07, 6.45) is 0.693. The van der Waals surface area contributed by atoms with Crippen LogP contribution in [0, 0.1) is 0 Å². The molecule has 6 nitrogen and oxygen atoms in total. The van der Waals surface area contributed by atoms with E-state index in [1.807, 2.05) is 6.92 Å². The van der Waals surface area contributed by atoms with Crippen molar-refractivity contribution in [2.45, 2.75) is 52.2 Å². The third kappa shape index (κ3) is 6.52. The molecule has 0 aliphatic heterocycles. The fraction of sp³-hybridized carbons (Fsp3) is 0.917. The van der Waals surface area contributed by atoms with Crippen molar-refractivity contribution in [1.82, 2.24) is 5.32 Å². The van der Waals surface area contributed by atoms with Gasteiger partial charge in [0.15, 0.2) is 0 Å². The first-order valence-electron chi connectivity index (χ1n) is 6.72. The lowest BCUT2D eigenvalue weighted by atomic mass is 10.2. The first kappa shape index (κ1) is 18.6. The van der Waals surface area contributed by atoms with Crippen LogP contribution in [0.4, 0.5) is 0 Å². The molecule has 0 saturated carbocycles. The molecule has 0 rings (SSSR count). The fourth-order valence-corrected chi connectivity index (χ4v) is 3.29. The van der Waals surface area contributed by atoms with E-state index in [1.165, 1.54) is 0 Å². The second-order valence-corrected chi connectivity index (χ2v) is 6.76. The van der Waals surface area contributed by atoms with Crippen LogP contribution in [0.2, 0.25) is 0 Å². The van der Waals surface area contributed by atoms with Gasteiger partial charge in [-0.3, -0.25) is 9.36 Å². The number of aliphatic hydroxyl groups excluding tert-OH is 1. The van der Waals surface area contributed by atoms with Crippen LogP contribution in [0.1, 0.15) is 40.5 Å². The van der Waals surface area contributed by atoms with Gasteiger partial charge in [-0.25, -0.2) is 0 Å². The zero-order valence-electron chi connectivity index (χ0n) is 12.2. The van der Waals surface area contributed by atoms with Gasteiger partial charge in [0.1, 0.15) is 0 Å². The molecule has 0 spiro atoms. The monoisotopic (exact) mass is 295 g/mol. The lowest BCUT2D eigenvalue weighted by Crippen LogP contribution is -2.38. The van der Waals surface area contributed by atoms with Crippen molar-refractivity contribution in [2.75, 3.05) is 19.8 Å². The van der Waals surface area contributed by atoms with Gasteiger partial charge in [0.2, 0.25) is 5.91 Å². The number of hydrogen-bond acceptors (Lipinski definition) is 5. The van der Waals surface area contributed by atoms with Crippen molar-refractivity contribution in [3.63, 3.8) is 0 Å². The normalized spacial score (nSPS) is 15.0. The molecule has 0 aromatic rings. The molecule has 2 atom stereocenters. The number of aliphatic hydroxyl groups is 1. The van der Waals surface area contributed by atoms with Gasteiger partial charge < -0.3 is 19.5 Å². The molecule has 0 aromatic carbocycles. The van der Waals surface area contributed by atoms with E-state index in [4.69, 9.17) is 14.2 Å². The molecule has 0 bridgehead atoms. The quantitative estimate of drug-likeness (QED) is 0.601. The summed E-state index contributed by atoms with van der Waals surface area (Å²) < 4.78 is 22.8. The minimum Gasteiger partial charge on any atom is -0.394 e. The predicted molar refractivity (Wildman–Crippen MR) is 74.2 cm³/mol. The number of carbonyl (C=O) groups excluding carboxylic acids is 1. The van der Waals surface area contributed by atoms with Crippen LogP contribution < -0.4 is 5.32 Å². The highest BCUT2D eigenvalue weighted by Crippen LogP contribution is 2.53. The summed E-state index contributed by atoms with van der Waals surface area (Å²) in [5, 5.41) is 11.7. The van der Waals surface area contributed by atoms with Crippen LogP contribution in [0.15, 0.2) is 0 Å². The molecule has 7 heteroatoms. The Morgan fingerprint density at radius 1 is 1.26 bits per heavy atom. The summed E-state index contributed by atoms with van der Waals surface area (Å²) in [5.74, 6) is -0.256. The third-order valence-electron chi connectivity index (χ3n) is 2.72. The Morgan fingerprint density at radius 2 is 1.79 bits per heavy atom. The van der Waals surface area contributed by atoms with E-state index in [0.29, 0.717) is 6.42 Å². The van der Waals surface area contributed by atoms with Crippen LogP contribution in [-0.2, 0) is 18.4 Å². The zero-order valence-corrected chi connectivity index (χ0v) is 13.1. The van der Waals surface area contributed by atoms with E-state index in [0.717, 1.165) is 0 Å². The SMILES string of the molecule is CCOP(=O)(OCC)C(C)CC(=O)N[C@H](CC)CO. The lowest BCUT2D eigenvalue weighted by molar-refractivity contribution is -0.122. The van der Waals surface area contributed by atoms with Gasteiger partial charge in [0.25, 0.3) is 0 Å². The number of nitrogens with one attached hydrogen (secondary N) is 1. The Balaban J connectivity index is 4.50. The third-order valence-corrected chi connectivity index (χ3v) is 5.22. The highest BCUT2D eigenvalue weighted by molar-refractivity contribution is 7.54. The second-order valence-electron chi connectivity index (χ2n) is 4.28. The Morgan fingerprint density at radius 3 is 2.16 bits per heavy atom. The molecule has 19 heavy (non-hydrogen) atoms. The Hall–Kier alpha value is -0.420. The molecule has 114 valence electrons. The van der Waals surface area contributed by atoms with Crippen molar-refractivity contribution in [3.8, 4) is 0 Å². The van der Waals surface area contributed by atoms with Crippen molar-refractivity contribution in [3.05, 3.63) is 0 Å². The van der Waals surface area contributed by atoms with Gasteiger partial charge in [0.05, 0.1) is 31.5 Å². The summed E-state index contributed by atoms with van der Waals surface area (Å²) in [7, 11) is -3.25. The smallest absolute Gasteiger partial charge is 0.333 e. The Bertz CT molecular complexity index is 296. The lowest BCUT2D eigenvalue weighted by Gasteiger charge is -2.23. The van der Waals surface area contributed by atoms with Crippen LogP contribution >= 0.6 is 7.60 Å². The molecule has 0 fully saturated rings. The highest BCUT2D eigenvalue weighted by atomic mass is 31.2. The van der Waals surface area contributed by atoms with E-state index < -0.39 is 13.3 Å². The average Bonchev–Trinajstić information content (AvgIpc) is 2.36. The van der Waals surface area contributed by atoms with Gasteiger partial charge >= 0.3 is 7.60 Å². The molecular formula is C12H26NO5P. The summed E-state index contributed by atoms with van der Waals surface area (Å²) in [6, 6.07) is -0.265. The van der Waals surface area contributed by atoms with Gasteiger partial charge in [-0.2, -0.15) is 0 Å². The molecule has 0 aliphatic rings. The molecule has 1 amide bonds. The Labute approximate surface area is 115 Å². The summed E-state index contributed by atoms with van der Waals surface area (Å²) >= 11 is 0. The first-order chi connectivity index (χ1) is 8.93. The zero-order chi connectivity index (χ0) is 14.9. The van der Waals surface area contributed by atoms with E-state index >= 15 is 0 Å². The Kier molecular flexibility index (Phi) is 9.27. The van der Waals surface area contributed by atoms with Crippen molar-refractivity contribution in [1.29, 1.82) is 0 Å². The maximum absolute atomic E-state index is 12.4. The predicted octanol–water partition coefficient (Wildman–Crippen LogP) is 1.92. The average molecular weight is 295 g/mol. The topological polar surface area (TPSA) is 84.9 Å². The number of carbonyl (C=O) groups is 1. The molecule has 2 N–H and O–H groups in total. The molecular weight excluding hydrogens is 269 g/mol. The van der Waals surface area contributed by atoms with E-state index in [9.17, 15) is 9.36 Å². The van der Waals surface area contributed by atoms with Crippen LogP contribution in [0.3, 0.4) is 0 Å². The minimum atomic E-state index is -3.25. The first-order valence-corrected chi connectivity index (χ1v) is 8.33. The number of rotatable bonds is 10. The maximum Gasteiger partial charge on any atom is 0.333 e. The summed E-state index contributed by atoms with van der Waals surface area (Å²) in [4.78, 5) is 11.8. The van der Waals surface area contributed by atoms with Gasteiger partial charge in [0, 0.05) is 6.42 Å². The van der Waals surface area contributed by atoms with Crippen LogP contribution in [-0.4, -0.2) is 42.5 Å². The van der Waals surface area contributed by atoms with Crippen LogP contribution in [0.25, 0.3) is 0 Å². The van der Waals surface area contributed by atoms with E-state index in [1.54, 1.807) is 20.8 Å². The van der Waals surface area contributed by atoms with Gasteiger partial charge in [-0.15, -0.1) is 0 Å². The fourth-order valence-electron chi connectivity index (χ4n) is 1.60. The summed E-state index contributed by atoms with van der Waals surface area (Å²) in [5.41, 5.74) is -0.511. The van der Waals surface area contributed by atoms with Gasteiger partial charge in [-0.05, 0) is 20.3 Å². The van der Waals surface area contributed by atoms with Crippen LogP contribution in [0.5, 0.6) is 0 Å². The second kappa shape index (κ2) is 9.48. The largest absolute Gasteiger partial charge is 0.394 e. The van der Waals surface area contributed by atoms with E-state index in [2.05, 4.69) is 5.32 Å². The van der Waals surface area contributed by atoms with Crippen molar-refractivity contribution >= 4 is 13.5 Å². The molecule has 0 heterocycles. The van der Waals surface area contributed by atoms with E-state index in [-0.39, 0.29) is 38.2 Å².